The molecule has 2 aliphatic rings. The Kier molecular flexibility index (Phi) is 5.32. The van der Waals surface area contributed by atoms with Crippen LogP contribution in [0, 0.1) is 5.92 Å². The third kappa shape index (κ3) is 3.76. The van der Waals surface area contributed by atoms with E-state index in [9.17, 15) is 5.11 Å². The Morgan fingerprint density at radius 3 is 2.47 bits per heavy atom. The van der Waals surface area contributed by atoms with Crippen LogP contribution in [0.5, 0.6) is 0 Å². The summed E-state index contributed by atoms with van der Waals surface area (Å²) in [4.78, 5) is 7.40. The second-order valence-corrected chi connectivity index (χ2v) is 9.65. The van der Waals surface area contributed by atoms with E-state index in [-0.39, 0.29) is 6.04 Å². The Morgan fingerprint density at radius 1 is 1.00 bits per heavy atom. The van der Waals surface area contributed by atoms with Crippen LogP contribution in [0.25, 0.3) is 33.4 Å². The van der Waals surface area contributed by atoms with Crippen LogP contribution in [0.2, 0.25) is 0 Å². The zero-order valence-corrected chi connectivity index (χ0v) is 19.1. The van der Waals surface area contributed by atoms with Gasteiger partial charge in [0.15, 0.2) is 0 Å². The Morgan fingerprint density at radius 2 is 1.76 bits per heavy atom. The predicted octanol–water partition coefficient (Wildman–Crippen LogP) is 3.95. The molecule has 1 saturated heterocycles. The van der Waals surface area contributed by atoms with Crippen molar-refractivity contribution < 1.29 is 5.11 Å². The van der Waals surface area contributed by atoms with Gasteiger partial charge in [-0.15, -0.1) is 0 Å². The van der Waals surface area contributed by atoms with Crippen LogP contribution in [0.1, 0.15) is 37.1 Å². The molecular formula is C27H30N6O. The lowest BCUT2D eigenvalue weighted by molar-refractivity contribution is 0.0873. The number of likely N-dealkylation sites (tertiary alicyclic amines) is 1. The monoisotopic (exact) mass is 454 g/mol. The Labute approximate surface area is 199 Å². The number of nitrogen functional groups attached to an aromatic ring is 1. The molecule has 3 heterocycles. The van der Waals surface area contributed by atoms with E-state index in [2.05, 4.69) is 23.1 Å². The fourth-order valence-corrected chi connectivity index (χ4v) is 5.26. The zero-order valence-electron chi connectivity index (χ0n) is 19.1. The number of nitrogens with zero attached hydrogens (tertiary/aromatic N) is 4. The predicted molar refractivity (Wildman–Crippen MR) is 135 cm³/mol. The minimum absolute atomic E-state index is 0.251. The van der Waals surface area contributed by atoms with Crippen molar-refractivity contribution in [1.29, 1.82) is 0 Å². The molecule has 1 saturated carbocycles. The van der Waals surface area contributed by atoms with Crippen molar-refractivity contribution in [3.63, 3.8) is 0 Å². The van der Waals surface area contributed by atoms with E-state index >= 15 is 0 Å². The molecule has 6 rings (SSSR count). The lowest BCUT2D eigenvalue weighted by Crippen LogP contribution is -2.44. The van der Waals surface area contributed by atoms with Gasteiger partial charge in [-0.25, -0.2) is 9.67 Å². The fraction of sp³-hybridized carbons (Fsp3) is 0.333. The van der Waals surface area contributed by atoms with Crippen LogP contribution in [0.3, 0.4) is 0 Å². The molecule has 5 N–H and O–H groups in total. The van der Waals surface area contributed by atoms with Crippen molar-refractivity contribution in [3.8, 4) is 22.5 Å². The number of aliphatic hydroxyl groups excluding tert-OH is 1. The molecule has 1 atom stereocenters. The van der Waals surface area contributed by atoms with Crippen LogP contribution in [0.4, 0.5) is 5.82 Å². The number of aromatic nitrogens is 3. The van der Waals surface area contributed by atoms with E-state index in [4.69, 9.17) is 21.5 Å². The topological polar surface area (TPSA) is 106 Å². The molecule has 34 heavy (non-hydrogen) atoms. The maximum Gasteiger partial charge on any atom is 0.134 e. The summed E-state index contributed by atoms with van der Waals surface area (Å²) in [7, 11) is 0. The molecule has 1 aliphatic heterocycles. The van der Waals surface area contributed by atoms with Crippen LogP contribution >= 0.6 is 0 Å². The van der Waals surface area contributed by atoms with E-state index in [0.29, 0.717) is 23.0 Å². The summed E-state index contributed by atoms with van der Waals surface area (Å²) in [5, 5.41) is 16.3. The van der Waals surface area contributed by atoms with E-state index in [1.807, 2.05) is 47.1 Å². The standard InChI is InChI=1S/C27H30N6O/c28-26-24(27(29)34)25(31-33(26)21-13-17(14-21)16-32-11-4-12-32)20-8-7-19-9-10-22(30-23(19)15-20)18-5-2-1-3-6-18/h1-3,5-10,15,17,21,27,34H,4,11-14,16,28-29H2. The SMILES string of the molecule is Nc1c(C(N)O)c(-c2ccc3ccc(-c4ccccc4)nc3c2)nn1C1CC(CN2CCC2)C1. The number of fused-ring (bicyclic) bond motifs is 1. The molecule has 0 amide bonds. The summed E-state index contributed by atoms with van der Waals surface area (Å²) >= 11 is 0. The average Bonchev–Trinajstić information content (AvgIpc) is 3.13. The molecule has 1 aliphatic carbocycles. The van der Waals surface area contributed by atoms with Gasteiger partial charge in [0.2, 0.25) is 0 Å². The first-order valence-corrected chi connectivity index (χ1v) is 12.1. The molecule has 0 spiro atoms. The minimum atomic E-state index is -1.19. The molecule has 0 bridgehead atoms. The first-order chi connectivity index (χ1) is 16.6. The smallest absolute Gasteiger partial charge is 0.134 e. The number of benzene rings is 2. The summed E-state index contributed by atoms with van der Waals surface area (Å²) in [6.45, 7) is 3.61. The highest BCUT2D eigenvalue weighted by Gasteiger charge is 2.36. The van der Waals surface area contributed by atoms with Crippen molar-refractivity contribution >= 4 is 16.7 Å². The number of hydrogen-bond acceptors (Lipinski definition) is 6. The van der Waals surface area contributed by atoms with E-state index in [1.54, 1.807) is 0 Å². The third-order valence-corrected chi connectivity index (χ3v) is 7.34. The molecule has 7 heteroatoms. The number of rotatable bonds is 6. The molecule has 174 valence electrons. The summed E-state index contributed by atoms with van der Waals surface area (Å²) in [5.41, 5.74) is 17.3. The maximum atomic E-state index is 10.4. The van der Waals surface area contributed by atoms with Crippen LogP contribution in [-0.4, -0.2) is 44.4 Å². The zero-order chi connectivity index (χ0) is 23.2. The number of pyridine rings is 1. The number of hydrogen-bond donors (Lipinski definition) is 3. The largest absolute Gasteiger partial charge is 0.384 e. The van der Waals surface area contributed by atoms with Gasteiger partial charge in [0, 0.05) is 23.1 Å². The first kappa shape index (κ1) is 21.3. The number of anilines is 1. The van der Waals surface area contributed by atoms with Crippen molar-refractivity contribution in [2.45, 2.75) is 31.5 Å². The molecule has 2 aromatic heterocycles. The lowest BCUT2D eigenvalue weighted by Gasteiger charge is -2.41. The summed E-state index contributed by atoms with van der Waals surface area (Å²) < 4.78 is 1.88. The highest BCUT2D eigenvalue weighted by Crippen LogP contribution is 2.42. The lowest BCUT2D eigenvalue weighted by atomic mass is 9.79. The van der Waals surface area contributed by atoms with Gasteiger partial charge in [0.05, 0.1) is 22.8 Å². The highest BCUT2D eigenvalue weighted by molar-refractivity contribution is 5.86. The van der Waals surface area contributed by atoms with Gasteiger partial charge in [-0.3, -0.25) is 0 Å². The van der Waals surface area contributed by atoms with Crippen molar-refractivity contribution in [1.82, 2.24) is 19.7 Å². The molecule has 4 aromatic rings. The van der Waals surface area contributed by atoms with Crippen LogP contribution in [-0.2, 0) is 0 Å². The van der Waals surface area contributed by atoms with Gasteiger partial charge in [0.1, 0.15) is 17.7 Å². The molecule has 2 fully saturated rings. The van der Waals surface area contributed by atoms with Crippen LogP contribution in [0.15, 0.2) is 60.7 Å². The maximum absolute atomic E-state index is 10.4. The number of nitrogens with two attached hydrogens (primary N) is 2. The second-order valence-electron chi connectivity index (χ2n) is 9.65. The average molecular weight is 455 g/mol. The van der Waals surface area contributed by atoms with E-state index in [0.717, 1.165) is 47.1 Å². The van der Waals surface area contributed by atoms with E-state index in [1.165, 1.54) is 19.5 Å². The van der Waals surface area contributed by atoms with Gasteiger partial charge in [0.25, 0.3) is 0 Å². The molecular weight excluding hydrogens is 424 g/mol. The normalized spacial score (nSPS) is 21.2. The van der Waals surface area contributed by atoms with Gasteiger partial charge in [-0.2, -0.15) is 5.10 Å². The Hall–Kier alpha value is -3.26. The van der Waals surface area contributed by atoms with Gasteiger partial charge in [-0.1, -0.05) is 48.5 Å². The number of aliphatic hydroxyl groups is 1. The van der Waals surface area contributed by atoms with Crippen molar-refractivity contribution in [2.24, 2.45) is 11.7 Å². The van der Waals surface area contributed by atoms with E-state index < -0.39 is 6.23 Å². The Bertz CT molecular complexity index is 1320. The molecule has 2 aromatic carbocycles. The van der Waals surface area contributed by atoms with Crippen LogP contribution < -0.4 is 11.5 Å². The van der Waals surface area contributed by atoms with Crippen molar-refractivity contribution in [3.05, 3.63) is 66.2 Å². The molecule has 1 unspecified atom stereocenters. The fourth-order valence-electron chi connectivity index (χ4n) is 5.26. The van der Waals surface area contributed by atoms with Gasteiger partial charge < -0.3 is 21.5 Å². The summed E-state index contributed by atoms with van der Waals surface area (Å²) in [6.07, 6.45) is 2.24. The summed E-state index contributed by atoms with van der Waals surface area (Å²) in [5.74, 6) is 1.15. The summed E-state index contributed by atoms with van der Waals surface area (Å²) in [6, 6.07) is 20.5. The Balaban J connectivity index is 1.33. The molecule has 7 nitrogen and oxygen atoms in total. The van der Waals surface area contributed by atoms with Gasteiger partial charge >= 0.3 is 0 Å². The molecule has 0 radical (unpaired) electrons. The minimum Gasteiger partial charge on any atom is -0.384 e. The second kappa shape index (κ2) is 8.51. The van der Waals surface area contributed by atoms with Gasteiger partial charge in [-0.05, 0) is 50.4 Å². The first-order valence-electron chi connectivity index (χ1n) is 12.1. The van der Waals surface area contributed by atoms with Crippen molar-refractivity contribution in [2.75, 3.05) is 25.4 Å². The quantitative estimate of drug-likeness (QED) is 0.381. The third-order valence-electron chi connectivity index (χ3n) is 7.34. The highest BCUT2D eigenvalue weighted by atomic mass is 16.3.